The summed E-state index contributed by atoms with van der Waals surface area (Å²) >= 11 is 0. The topological polar surface area (TPSA) is 96.5 Å². The first-order chi connectivity index (χ1) is 13.7. The lowest BCUT2D eigenvalue weighted by atomic mass is 10.1. The summed E-state index contributed by atoms with van der Waals surface area (Å²) < 4.78 is 44.0. The lowest BCUT2D eigenvalue weighted by Crippen LogP contribution is -2.40. The zero-order valence-electron chi connectivity index (χ0n) is 15.3. The van der Waals surface area contributed by atoms with Crippen LogP contribution in [0.25, 0.3) is 0 Å². The molecule has 3 amide bonds. The van der Waals surface area contributed by atoms with E-state index in [0.717, 1.165) is 12.1 Å². The quantitative estimate of drug-likeness (QED) is 0.640. The van der Waals surface area contributed by atoms with Crippen LogP contribution in [0.15, 0.2) is 48.5 Å². The molecule has 0 saturated heterocycles. The molecule has 0 saturated carbocycles. The highest BCUT2D eigenvalue weighted by molar-refractivity contribution is 6.39. The van der Waals surface area contributed by atoms with Crippen LogP contribution in [0.1, 0.15) is 12.5 Å². The van der Waals surface area contributed by atoms with E-state index in [2.05, 4.69) is 10.6 Å². The van der Waals surface area contributed by atoms with Gasteiger partial charge in [-0.1, -0.05) is 12.1 Å². The van der Waals surface area contributed by atoms with E-state index in [4.69, 9.17) is 4.74 Å². The van der Waals surface area contributed by atoms with E-state index in [1.54, 1.807) is 12.1 Å². The van der Waals surface area contributed by atoms with Gasteiger partial charge in [0.1, 0.15) is 5.75 Å². The van der Waals surface area contributed by atoms with Gasteiger partial charge < -0.3 is 20.7 Å². The number of para-hydroxylation sites is 1. The Morgan fingerprint density at radius 2 is 1.59 bits per heavy atom. The van der Waals surface area contributed by atoms with Crippen molar-refractivity contribution in [1.29, 1.82) is 0 Å². The summed E-state index contributed by atoms with van der Waals surface area (Å²) in [6.07, 6.45) is -4.65. The van der Waals surface area contributed by atoms with Crippen molar-refractivity contribution in [2.24, 2.45) is 0 Å². The minimum absolute atomic E-state index is 0.331. The lowest BCUT2D eigenvalue weighted by molar-refractivity contribution is -0.137. The van der Waals surface area contributed by atoms with Gasteiger partial charge >= 0.3 is 18.0 Å². The minimum Gasteiger partial charge on any atom is -0.494 e. The number of amides is 3. The minimum atomic E-state index is -4.65. The molecule has 2 aromatic rings. The fraction of sp³-hybridized carbons (Fsp3) is 0.211. The molecule has 0 atom stereocenters. The molecule has 10 heteroatoms. The third kappa shape index (κ3) is 6.52. The summed E-state index contributed by atoms with van der Waals surface area (Å²) in [6, 6.07) is 10.7. The summed E-state index contributed by atoms with van der Waals surface area (Å²) in [7, 11) is 0. The normalized spacial score (nSPS) is 10.8. The molecule has 29 heavy (non-hydrogen) atoms. The van der Waals surface area contributed by atoms with E-state index in [1.807, 2.05) is 12.2 Å². The van der Waals surface area contributed by atoms with Crippen molar-refractivity contribution in [2.75, 3.05) is 23.8 Å². The number of alkyl halides is 3. The van der Waals surface area contributed by atoms with Crippen molar-refractivity contribution >= 4 is 29.1 Å². The number of halogens is 3. The molecule has 0 aromatic heterocycles. The van der Waals surface area contributed by atoms with Gasteiger partial charge in [0.05, 0.1) is 24.4 Å². The summed E-state index contributed by atoms with van der Waals surface area (Å²) in [6.45, 7) is 1.61. The fourth-order valence-corrected chi connectivity index (χ4v) is 2.26. The largest absolute Gasteiger partial charge is 0.494 e. The Bertz CT molecular complexity index is 883. The molecule has 2 aromatic carbocycles. The molecule has 7 nitrogen and oxygen atoms in total. The van der Waals surface area contributed by atoms with E-state index in [-0.39, 0.29) is 0 Å². The highest BCUT2D eigenvalue weighted by Gasteiger charge is 2.33. The first-order valence-corrected chi connectivity index (χ1v) is 8.49. The molecule has 0 fully saturated rings. The van der Waals surface area contributed by atoms with Crippen LogP contribution in [0.5, 0.6) is 5.75 Å². The van der Waals surface area contributed by atoms with Gasteiger partial charge in [0.15, 0.2) is 0 Å². The number of rotatable bonds is 6. The smallest absolute Gasteiger partial charge is 0.418 e. The van der Waals surface area contributed by atoms with E-state index >= 15 is 0 Å². The number of carbonyl (C=O) groups is 3. The van der Waals surface area contributed by atoms with Crippen LogP contribution in [0.2, 0.25) is 0 Å². The Kier molecular flexibility index (Phi) is 7.18. The molecule has 154 valence electrons. The molecule has 0 unspecified atom stereocenters. The number of ether oxygens (including phenoxy) is 1. The second-order valence-electron chi connectivity index (χ2n) is 5.69. The molecule has 0 spiro atoms. The molecule has 3 N–H and O–H groups in total. The fourth-order valence-electron chi connectivity index (χ4n) is 2.26. The average Bonchev–Trinajstić information content (AvgIpc) is 2.67. The standard InChI is InChI=1S/C19H18F3N3O4/c1-2-29-13-9-7-12(8-10-13)24-18(28)17(27)23-11-16(26)25-15-6-4-3-5-14(15)19(20,21)22/h3-10H,2,11H2,1H3,(H,23,27)(H,24,28)(H,25,26). The molecular weight excluding hydrogens is 391 g/mol. The molecule has 0 aliphatic carbocycles. The van der Waals surface area contributed by atoms with E-state index in [9.17, 15) is 27.6 Å². The maximum absolute atomic E-state index is 12.9. The first kappa shape index (κ1) is 21.7. The zero-order valence-corrected chi connectivity index (χ0v) is 15.3. The third-order valence-electron chi connectivity index (χ3n) is 3.55. The van der Waals surface area contributed by atoms with Gasteiger partial charge in [-0.15, -0.1) is 0 Å². The summed E-state index contributed by atoms with van der Waals surface area (Å²) in [5.41, 5.74) is -1.14. The van der Waals surface area contributed by atoms with Gasteiger partial charge in [-0.25, -0.2) is 0 Å². The van der Waals surface area contributed by atoms with E-state index in [0.29, 0.717) is 18.0 Å². The third-order valence-corrected chi connectivity index (χ3v) is 3.55. The zero-order chi connectivity index (χ0) is 21.4. The van der Waals surface area contributed by atoms with Gasteiger partial charge in [0.25, 0.3) is 0 Å². The monoisotopic (exact) mass is 409 g/mol. The Balaban J connectivity index is 1.87. The Labute approximate surface area is 164 Å². The molecule has 0 radical (unpaired) electrons. The number of carbonyl (C=O) groups excluding carboxylic acids is 3. The van der Waals surface area contributed by atoms with Gasteiger partial charge in [-0.2, -0.15) is 13.2 Å². The molecule has 0 heterocycles. The maximum Gasteiger partial charge on any atom is 0.418 e. The van der Waals surface area contributed by atoms with Crippen LogP contribution < -0.4 is 20.7 Å². The summed E-state index contributed by atoms with van der Waals surface area (Å²) in [5.74, 6) is -2.47. The van der Waals surface area contributed by atoms with Crippen LogP contribution in [-0.2, 0) is 20.6 Å². The molecule has 0 bridgehead atoms. The van der Waals surface area contributed by atoms with Crippen LogP contribution in [-0.4, -0.2) is 30.9 Å². The SMILES string of the molecule is CCOc1ccc(NC(=O)C(=O)NCC(=O)Nc2ccccc2C(F)(F)F)cc1. The number of nitrogens with one attached hydrogen (secondary N) is 3. The van der Waals surface area contributed by atoms with Crippen LogP contribution in [0.3, 0.4) is 0 Å². The van der Waals surface area contributed by atoms with Crippen molar-refractivity contribution in [3.63, 3.8) is 0 Å². The van der Waals surface area contributed by atoms with Gasteiger partial charge in [0.2, 0.25) is 5.91 Å². The van der Waals surface area contributed by atoms with Crippen molar-refractivity contribution in [3.8, 4) is 5.75 Å². The number of anilines is 2. The van der Waals surface area contributed by atoms with Crippen LogP contribution in [0, 0.1) is 0 Å². The number of hydrogen-bond acceptors (Lipinski definition) is 4. The Morgan fingerprint density at radius 3 is 2.21 bits per heavy atom. The Hall–Kier alpha value is -3.56. The van der Waals surface area contributed by atoms with E-state index < -0.39 is 41.7 Å². The molecule has 0 aliphatic heterocycles. The number of hydrogen-bond donors (Lipinski definition) is 3. The van der Waals surface area contributed by atoms with Crippen LogP contribution in [0.4, 0.5) is 24.5 Å². The number of benzene rings is 2. The summed E-state index contributed by atoms with van der Waals surface area (Å²) in [5, 5.41) is 6.43. The predicted molar refractivity (Wildman–Crippen MR) is 99.3 cm³/mol. The first-order valence-electron chi connectivity index (χ1n) is 8.49. The maximum atomic E-state index is 12.9. The molecular formula is C19H18F3N3O4. The second kappa shape index (κ2) is 9.58. The van der Waals surface area contributed by atoms with E-state index in [1.165, 1.54) is 24.3 Å². The van der Waals surface area contributed by atoms with Gasteiger partial charge in [0, 0.05) is 5.69 Å². The lowest BCUT2D eigenvalue weighted by Gasteiger charge is -2.13. The second-order valence-corrected chi connectivity index (χ2v) is 5.69. The van der Waals surface area contributed by atoms with Crippen LogP contribution >= 0.6 is 0 Å². The van der Waals surface area contributed by atoms with Crippen molar-refractivity contribution in [3.05, 3.63) is 54.1 Å². The molecule has 0 aliphatic rings. The highest BCUT2D eigenvalue weighted by atomic mass is 19.4. The predicted octanol–water partition coefficient (Wildman–Crippen LogP) is 2.80. The Morgan fingerprint density at radius 1 is 0.931 bits per heavy atom. The average molecular weight is 409 g/mol. The van der Waals surface area contributed by atoms with Crippen molar-refractivity contribution < 1.29 is 32.3 Å². The van der Waals surface area contributed by atoms with Crippen molar-refractivity contribution in [2.45, 2.75) is 13.1 Å². The summed E-state index contributed by atoms with van der Waals surface area (Å²) in [4.78, 5) is 35.5. The van der Waals surface area contributed by atoms with Crippen molar-refractivity contribution in [1.82, 2.24) is 5.32 Å². The van der Waals surface area contributed by atoms with Gasteiger partial charge in [-0.05, 0) is 43.3 Å². The highest BCUT2D eigenvalue weighted by Crippen LogP contribution is 2.34. The van der Waals surface area contributed by atoms with Gasteiger partial charge in [-0.3, -0.25) is 14.4 Å². The molecule has 2 rings (SSSR count).